The maximum absolute atomic E-state index is 11.5. The number of rotatable bonds is 6. The molecule has 0 unspecified atom stereocenters. The number of aromatic nitrogens is 2. The molecule has 0 radical (unpaired) electrons. The molecule has 1 aliphatic rings. The van der Waals surface area contributed by atoms with Crippen LogP contribution in [0, 0.1) is 0 Å². The first kappa shape index (κ1) is 15.9. The third-order valence-corrected chi connectivity index (χ3v) is 3.61. The molecule has 0 aliphatic carbocycles. The summed E-state index contributed by atoms with van der Waals surface area (Å²) in [5.74, 6) is -0.198. The molecule has 118 valence electrons. The fourth-order valence-corrected chi connectivity index (χ4v) is 2.68. The lowest BCUT2D eigenvalue weighted by molar-refractivity contribution is -0.125. The van der Waals surface area contributed by atoms with E-state index < -0.39 is 6.10 Å². The van der Waals surface area contributed by atoms with E-state index in [0.29, 0.717) is 25.7 Å². The van der Waals surface area contributed by atoms with Crippen LogP contribution in [0.3, 0.4) is 0 Å². The lowest BCUT2D eigenvalue weighted by atomic mass is 10.2. The Morgan fingerprint density at radius 1 is 1.57 bits per heavy atom. The van der Waals surface area contributed by atoms with Gasteiger partial charge in [0.1, 0.15) is 6.61 Å². The van der Waals surface area contributed by atoms with Gasteiger partial charge in [-0.15, -0.1) is 0 Å². The number of β-amino-alcohol motifs (C(OH)–C–C–N with tert-alkyl or cyclic N) is 1. The van der Waals surface area contributed by atoms with Gasteiger partial charge in [0.05, 0.1) is 17.8 Å². The number of aliphatic hydroxyl groups excluding tert-OH is 1. The quantitative estimate of drug-likeness (QED) is 0.758. The van der Waals surface area contributed by atoms with Crippen molar-refractivity contribution in [1.29, 1.82) is 0 Å². The van der Waals surface area contributed by atoms with E-state index in [1.807, 2.05) is 10.7 Å². The summed E-state index contributed by atoms with van der Waals surface area (Å²) in [4.78, 5) is 13.7. The Kier molecular flexibility index (Phi) is 5.33. The number of carbonyl (C=O) groups excluding carboxylic acids is 1. The number of methoxy groups -OCH3 is 1. The highest BCUT2D eigenvalue weighted by molar-refractivity contribution is 5.77. The number of hydrogen-bond donors (Lipinski definition) is 2. The minimum Gasteiger partial charge on any atom is -0.390 e. The molecule has 1 aliphatic heterocycles. The summed E-state index contributed by atoms with van der Waals surface area (Å²) in [6, 6.07) is 2.05. The van der Waals surface area contributed by atoms with Gasteiger partial charge in [0, 0.05) is 39.0 Å². The van der Waals surface area contributed by atoms with Crippen molar-refractivity contribution in [2.24, 2.45) is 0 Å². The van der Waals surface area contributed by atoms with Crippen LogP contribution in [0.1, 0.15) is 25.6 Å². The number of nitrogens with one attached hydrogen (secondary N) is 1. The van der Waals surface area contributed by atoms with Crippen molar-refractivity contribution in [3.05, 3.63) is 18.0 Å². The second kappa shape index (κ2) is 7.02. The molecule has 0 saturated carbocycles. The van der Waals surface area contributed by atoms with Gasteiger partial charge in [0.15, 0.2) is 0 Å². The molecule has 2 rings (SSSR count). The second-order valence-electron chi connectivity index (χ2n) is 5.73. The number of ether oxygens (including phenoxy) is 1. The van der Waals surface area contributed by atoms with E-state index in [0.717, 1.165) is 5.69 Å². The summed E-state index contributed by atoms with van der Waals surface area (Å²) in [5, 5.41) is 17.2. The van der Waals surface area contributed by atoms with E-state index in [4.69, 9.17) is 4.74 Å². The van der Waals surface area contributed by atoms with E-state index in [1.165, 1.54) is 7.11 Å². The smallest absolute Gasteiger partial charge is 0.246 e. The van der Waals surface area contributed by atoms with Gasteiger partial charge in [-0.2, -0.15) is 5.10 Å². The molecule has 21 heavy (non-hydrogen) atoms. The Labute approximate surface area is 124 Å². The lowest BCUT2D eigenvalue weighted by Gasteiger charge is -2.18. The number of carbonyl (C=O) groups is 1. The Bertz CT molecular complexity index is 475. The van der Waals surface area contributed by atoms with Gasteiger partial charge in [-0.05, 0) is 19.9 Å². The molecular formula is C14H24N4O3. The minimum absolute atomic E-state index is 0.0172. The predicted molar refractivity (Wildman–Crippen MR) is 77.7 cm³/mol. The summed E-state index contributed by atoms with van der Waals surface area (Å²) in [7, 11) is 1.48. The number of amides is 1. The van der Waals surface area contributed by atoms with Crippen LogP contribution in [-0.4, -0.2) is 64.6 Å². The van der Waals surface area contributed by atoms with Crippen molar-refractivity contribution < 1.29 is 14.6 Å². The highest BCUT2D eigenvalue weighted by Gasteiger charge is 2.32. The Hall–Kier alpha value is -1.44. The van der Waals surface area contributed by atoms with Crippen LogP contribution in [0.4, 0.5) is 0 Å². The van der Waals surface area contributed by atoms with Crippen LogP contribution in [-0.2, 0) is 16.1 Å². The van der Waals surface area contributed by atoms with E-state index >= 15 is 0 Å². The molecular weight excluding hydrogens is 272 g/mol. The average Bonchev–Trinajstić information content (AvgIpc) is 2.98. The molecule has 2 heterocycles. The van der Waals surface area contributed by atoms with Crippen LogP contribution in [0.5, 0.6) is 0 Å². The first-order valence-electron chi connectivity index (χ1n) is 7.22. The molecule has 0 aromatic carbocycles. The van der Waals surface area contributed by atoms with Crippen LogP contribution in [0.25, 0.3) is 0 Å². The predicted octanol–water partition coefficient (Wildman–Crippen LogP) is -0.228. The molecule has 1 fully saturated rings. The van der Waals surface area contributed by atoms with Crippen molar-refractivity contribution in [2.45, 2.75) is 38.6 Å². The molecule has 2 atom stereocenters. The zero-order valence-electron chi connectivity index (χ0n) is 12.8. The minimum atomic E-state index is -0.554. The molecule has 1 amide bonds. The second-order valence-corrected chi connectivity index (χ2v) is 5.73. The average molecular weight is 296 g/mol. The van der Waals surface area contributed by atoms with E-state index in [9.17, 15) is 9.90 Å². The SMILES string of the molecule is COCC(=O)N[C@@H]1CN(Cc2ccnn2C(C)C)C[C@H]1O. The Morgan fingerprint density at radius 3 is 3.00 bits per heavy atom. The molecule has 1 aromatic rings. The van der Waals surface area contributed by atoms with E-state index in [2.05, 4.69) is 29.2 Å². The van der Waals surface area contributed by atoms with E-state index in [1.54, 1.807) is 6.20 Å². The van der Waals surface area contributed by atoms with E-state index in [-0.39, 0.29) is 18.6 Å². The van der Waals surface area contributed by atoms with Crippen molar-refractivity contribution in [3.63, 3.8) is 0 Å². The molecule has 2 N–H and O–H groups in total. The first-order chi connectivity index (χ1) is 10.0. The maximum atomic E-state index is 11.5. The van der Waals surface area contributed by atoms with Crippen molar-refractivity contribution in [2.75, 3.05) is 26.8 Å². The molecule has 0 spiro atoms. The highest BCUT2D eigenvalue weighted by Crippen LogP contribution is 2.16. The van der Waals surface area contributed by atoms with Crippen molar-refractivity contribution in [3.8, 4) is 0 Å². The Morgan fingerprint density at radius 2 is 2.33 bits per heavy atom. The van der Waals surface area contributed by atoms with Crippen LogP contribution >= 0.6 is 0 Å². The fraction of sp³-hybridized carbons (Fsp3) is 0.714. The summed E-state index contributed by atoms with van der Waals surface area (Å²) in [6.07, 6.45) is 1.24. The first-order valence-corrected chi connectivity index (χ1v) is 7.22. The van der Waals surface area contributed by atoms with Crippen LogP contribution in [0.15, 0.2) is 12.3 Å². The van der Waals surface area contributed by atoms with Crippen molar-refractivity contribution in [1.82, 2.24) is 20.0 Å². The largest absolute Gasteiger partial charge is 0.390 e. The normalized spacial score (nSPS) is 22.9. The zero-order valence-corrected chi connectivity index (χ0v) is 12.8. The van der Waals surface area contributed by atoms with Crippen molar-refractivity contribution >= 4 is 5.91 Å². The highest BCUT2D eigenvalue weighted by atomic mass is 16.5. The monoisotopic (exact) mass is 296 g/mol. The standard InChI is InChI=1S/C14H24N4O3/c1-10(2)18-11(4-5-15-18)6-17-7-12(13(19)8-17)16-14(20)9-21-3/h4-5,10,12-13,19H,6-9H2,1-3H3,(H,16,20)/t12-,13-/m1/s1. The number of likely N-dealkylation sites (tertiary alicyclic amines) is 1. The van der Waals surface area contributed by atoms with Gasteiger partial charge < -0.3 is 15.2 Å². The maximum Gasteiger partial charge on any atom is 0.246 e. The number of hydrogen-bond acceptors (Lipinski definition) is 5. The molecule has 7 nitrogen and oxygen atoms in total. The lowest BCUT2D eigenvalue weighted by Crippen LogP contribution is -2.44. The summed E-state index contributed by atoms with van der Waals surface area (Å²) >= 11 is 0. The summed E-state index contributed by atoms with van der Waals surface area (Å²) in [6.45, 7) is 6.07. The third-order valence-electron chi connectivity index (χ3n) is 3.61. The third kappa shape index (κ3) is 4.03. The Balaban J connectivity index is 1.91. The summed E-state index contributed by atoms with van der Waals surface area (Å²) < 4.78 is 6.76. The number of aliphatic hydroxyl groups is 1. The van der Waals surface area contributed by atoms with Gasteiger partial charge >= 0.3 is 0 Å². The molecule has 7 heteroatoms. The van der Waals surface area contributed by atoms with Gasteiger partial charge in [-0.3, -0.25) is 14.4 Å². The van der Waals surface area contributed by atoms with Crippen LogP contribution < -0.4 is 5.32 Å². The van der Waals surface area contributed by atoms with Gasteiger partial charge in [-0.1, -0.05) is 0 Å². The zero-order chi connectivity index (χ0) is 15.4. The van der Waals surface area contributed by atoms with Gasteiger partial charge in [0.25, 0.3) is 0 Å². The summed E-state index contributed by atoms with van der Waals surface area (Å²) in [5.41, 5.74) is 1.11. The molecule has 1 saturated heterocycles. The topological polar surface area (TPSA) is 79.6 Å². The van der Waals surface area contributed by atoms with Gasteiger partial charge in [-0.25, -0.2) is 0 Å². The molecule has 0 bridgehead atoms. The fourth-order valence-electron chi connectivity index (χ4n) is 2.68. The van der Waals surface area contributed by atoms with Gasteiger partial charge in [0.2, 0.25) is 5.91 Å². The molecule has 1 aromatic heterocycles. The van der Waals surface area contributed by atoms with Crippen LogP contribution in [0.2, 0.25) is 0 Å². The number of nitrogens with zero attached hydrogens (tertiary/aromatic N) is 3.